The van der Waals surface area contributed by atoms with Crippen LogP contribution in [0.2, 0.25) is 0 Å². The average molecular weight is 343 g/mol. The van der Waals surface area contributed by atoms with Crippen LogP contribution in [0.25, 0.3) is 0 Å². The molecule has 1 aliphatic heterocycles. The lowest BCUT2D eigenvalue weighted by Gasteiger charge is -2.37. The minimum atomic E-state index is 0.635. The fraction of sp³-hybridized carbons (Fsp3) is 0.800. The molecule has 0 aromatic carbocycles. The third-order valence-electron chi connectivity index (χ3n) is 4.02. The molecule has 2 heterocycles. The van der Waals surface area contributed by atoms with Crippen LogP contribution in [0.15, 0.2) is 4.47 Å². The summed E-state index contributed by atoms with van der Waals surface area (Å²) >= 11 is 3.71. The monoisotopic (exact) mass is 342 g/mol. The molecule has 4 nitrogen and oxygen atoms in total. The van der Waals surface area contributed by atoms with Gasteiger partial charge in [0.1, 0.15) is 0 Å². The van der Waals surface area contributed by atoms with Crippen LogP contribution in [0.3, 0.4) is 0 Å². The van der Waals surface area contributed by atoms with E-state index in [0.717, 1.165) is 44.3 Å². The van der Waals surface area contributed by atoms with Gasteiger partial charge in [0.2, 0.25) is 0 Å². The standard InChI is InChI=1S/C15H27BrN4/c1-5-20-14(15(16)12(4)18-20)10-19-7-6-17-9-13(19)8-11(2)3/h11,13,17H,5-10H2,1-4H3. The van der Waals surface area contributed by atoms with E-state index < -0.39 is 0 Å². The molecule has 0 radical (unpaired) electrons. The first-order chi connectivity index (χ1) is 9.52. The number of nitrogens with zero attached hydrogens (tertiary/aromatic N) is 3. The highest BCUT2D eigenvalue weighted by Crippen LogP contribution is 2.24. The Hall–Kier alpha value is -0.390. The molecule has 0 aliphatic carbocycles. The molecule has 1 N–H and O–H groups in total. The topological polar surface area (TPSA) is 33.1 Å². The maximum Gasteiger partial charge on any atom is 0.0739 e. The number of rotatable bonds is 5. The number of aryl methyl sites for hydroxylation is 2. The first-order valence-corrected chi connectivity index (χ1v) is 8.48. The fourth-order valence-corrected chi connectivity index (χ4v) is 3.41. The largest absolute Gasteiger partial charge is 0.314 e. The molecule has 1 aromatic rings. The Morgan fingerprint density at radius 1 is 1.45 bits per heavy atom. The molecule has 1 saturated heterocycles. The van der Waals surface area contributed by atoms with Crippen molar-refractivity contribution in [2.45, 2.75) is 53.2 Å². The Kier molecular flexibility index (Phi) is 5.64. The number of aromatic nitrogens is 2. The van der Waals surface area contributed by atoms with Crippen molar-refractivity contribution >= 4 is 15.9 Å². The van der Waals surface area contributed by atoms with Crippen molar-refractivity contribution in [2.24, 2.45) is 5.92 Å². The highest BCUT2D eigenvalue weighted by molar-refractivity contribution is 9.10. The number of piperazine rings is 1. The third kappa shape index (κ3) is 3.62. The van der Waals surface area contributed by atoms with Gasteiger partial charge in [-0.05, 0) is 42.1 Å². The molecule has 114 valence electrons. The number of hydrogen-bond donors (Lipinski definition) is 1. The zero-order valence-corrected chi connectivity index (χ0v) is 14.7. The van der Waals surface area contributed by atoms with Crippen LogP contribution in [0.5, 0.6) is 0 Å². The van der Waals surface area contributed by atoms with Crippen molar-refractivity contribution in [1.29, 1.82) is 0 Å². The van der Waals surface area contributed by atoms with Gasteiger partial charge in [-0.25, -0.2) is 0 Å². The van der Waals surface area contributed by atoms with Gasteiger partial charge in [0.05, 0.1) is 15.9 Å². The van der Waals surface area contributed by atoms with Crippen molar-refractivity contribution in [1.82, 2.24) is 20.0 Å². The molecule has 0 bridgehead atoms. The molecular weight excluding hydrogens is 316 g/mol. The van der Waals surface area contributed by atoms with Crippen LogP contribution in [-0.4, -0.2) is 40.4 Å². The van der Waals surface area contributed by atoms with Gasteiger partial charge in [-0.1, -0.05) is 13.8 Å². The van der Waals surface area contributed by atoms with Crippen molar-refractivity contribution in [2.75, 3.05) is 19.6 Å². The van der Waals surface area contributed by atoms with E-state index in [1.807, 2.05) is 0 Å². The number of halogens is 1. The lowest BCUT2D eigenvalue weighted by atomic mass is 10.0. The predicted molar refractivity (Wildman–Crippen MR) is 86.9 cm³/mol. The normalized spacial score (nSPS) is 20.8. The van der Waals surface area contributed by atoms with Crippen LogP contribution < -0.4 is 5.32 Å². The summed E-state index contributed by atoms with van der Waals surface area (Å²) in [5.74, 6) is 0.740. The maximum atomic E-state index is 4.61. The Labute approximate surface area is 131 Å². The van der Waals surface area contributed by atoms with Gasteiger partial charge >= 0.3 is 0 Å². The first kappa shape index (κ1) is 16.0. The second kappa shape index (κ2) is 7.05. The highest BCUT2D eigenvalue weighted by atomic mass is 79.9. The Balaban J connectivity index is 2.14. The van der Waals surface area contributed by atoms with Crippen LogP contribution in [-0.2, 0) is 13.1 Å². The molecule has 1 aliphatic rings. The van der Waals surface area contributed by atoms with Crippen molar-refractivity contribution in [3.8, 4) is 0 Å². The quantitative estimate of drug-likeness (QED) is 0.893. The smallest absolute Gasteiger partial charge is 0.0739 e. The summed E-state index contributed by atoms with van der Waals surface area (Å²) in [4.78, 5) is 2.61. The van der Waals surface area contributed by atoms with Crippen molar-refractivity contribution in [3.05, 3.63) is 15.9 Å². The van der Waals surface area contributed by atoms with Gasteiger partial charge < -0.3 is 5.32 Å². The fourth-order valence-electron chi connectivity index (χ4n) is 3.00. The Morgan fingerprint density at radius 3 is 2.85 bits per heavy atom. The SMILES string of the molecule is CCn1nc(C)c(Br)c1CN1CCNCC1CC(C)C. The van der Waals surface area contributed by atoms with E-state index in [2.05, 4.69) is 63.6 Å². The van der Waals surface area contributed by atoms with Crippen LogP contribution >= 0.6 is 15.9 Å². The minimum Gasteiger partial charge on any atom is -0.314 e. The average Bonchev–Trinajstić information content (AvgIpc) is 2.68. The highest BCUT2D eigenvalue weighted by Gasteiger charge is 2.25. The van der Waals surface area contributed by atoms with Crippen molar-refractivity contribution < 1.29 is 0 Å². The molecule has 2 rings (SSSR count). The molecule has 0 spiro atoms. The van der Waals surface area contributed by atoms with E-state index >= 15 is 0 Å². The van der Waals surface area contributed by atoms with E-state index in [9.17, 15) is 0 Å². The van der Waals surface area contributed by atoms with Crippen LogP contribution in [0, 0.1) is 12.8 Å². The molecule has 1 unspecified atom stereocenters. The van der Waals surface area contributed by atoms with Crippen molar-refractivity contribution in [3.63, 3.8) is 0 Å². The summed E-state index contributed by atoms with van der Waals surface area (Å²) in [6.45, 7) is 14.1. The zero-order valence-electron chi connectivity index (χ0n) is 13.1. The van der Waals surface area contributed by atoms with E-state index in [0.29, 0.717) is 6.04 Å². The Bertz CT molecular complexity index is 441. The van der Waals surface area contributed by atoms with E-state index in [-0.39, 0.29) is 0 Å². The van der Waals surface area contributed by atoms with Gasteiger partial charge in [-0.3, -0.25) is 9.58 Å². The molecule has 1 atom stereocenters. The maximum absolute atomic E-state index is 4.61. The first-order valence-electron chi connectivity index (χ1n) is 7.69. The van der Waals surface area contributed by atoms with Gasteiger partial charge in [0.25, 0.3) is 0 Å². The van der Waals surface area contributed by atoms with E-state index in [1.165, 1.54) is 16.6 Å². The summed E-state index contributed by atoms with van der Waals surface area (Å²) in [5, 5.41) is 8.14. The molecule has 1 aromatic heterocycles. The molecule has 20 heavy (non-hydrogen) atoms. The lowest BCUT2D eigenvalue weighted by molar-refractivity contribution is 0.130. The van der Waals surface area contributed by atoms with Gasteiger partial charge in [-0.15, -0.1) is 0 Å². The van der Waals surface area contributed by atoms with Gasteiger partial charge in [-0.2, -0.15) is 5.10 Å². The predicted octanol–water partition coefficient (Wildman–Crippen LogP) is 2.79. The third-order valence-corrected chi connectivity index (χ3v) is 5.05. The second-order valence-corrected chi connectivity index (χ2v) is 6.91. The molecule has 1 fully saturated rings. The van der Waals surface area contributed by atoms with E-state index in [4.69, 9.17) is 0 Å². The summed E-state index contributed by atoms with van der Waals surface area (Å²) in [5.41, 5.74) is 2.41. The zero-order chi connectivity index (χ0) is 14.7. The summed E-state index contributed by atoms with van der Waals surface area (Å²) in [6.07, 6.45) is 1.25. The number of hydrogen-bond acceptors (Lipinski definition) is 3. The summed E-state index contributed by atoms with van der Waals surface area (Å²) < 4.78 is 3.31. The van der Waals surface area contributed by atoms with Gasteiger partial charge in [0, 0.05) is 38.8 Å². The van der Waals surface area contributed by atoms with Crippen LogP contribution in [0.4, 0.5) is 0 Å². The number of nitrogens with one attached hydrogen (secondary N) is 1. The molecular formula is C15H27BrN4. The summed E-state index contributed by atoms with van der Waals surface area (Å²) in [6, 6.07) is 0.635. The second-order valence-electron chi connectivity index (χ2n) is 6.12. The molecule has 5 heteroatoms. The minimum absolute atomic E-state index is 0.635. The van der Waals surface area contributed by atoms with E-state index in [1.54, 1.807) is 0 Å². The van der Waals surface area contributed by atoms with Gasteiger partial charge in [0.15, 0.2) is 0 Å². The Morgan fingerprint density at radius 2 is 2.20 bits per heavy atom. The molecule has 0 saturated carbocycles. The van der Waals surface area contributed by atoms with Crippen LogP contribution in [0.1, 0.15) is 38.6 Å². The molecule has 0 amide bonds. The summed E-state index contributed by atoms with van der Waals surface area (Å²) in [7, 11) is 0. The lowest BCUT2D eigenvalue weighted by Crippen LogP contribution is -2.51.